The second kappa shape index (κ2) is 5.39. The van der Waals surface area contributed by atoms with Crippen molar-refractivity contribution in [3.63, 3.8) is 0 Å². The van der Waals surface area contributed by atoms with Crippen molar-refractivity contribution in [3.8, 4) is 0 Å². The summed E-state index contributed by atoms with van der Waals surface area (Å²) in [7, 11) is -1.81. The summed E-state index contributed by atoms with van der Waals surface area (Å²) < 4.78 is 39.5. The van der Waals surface area contributed by atoms with Crippen LogP contribution in [-0.2, 0) is 21.3 Å². The van der Waals surface area contributed by atoms with Crippen molar-refractivity contribution in [1.82, 2.24) is 10.0 Å². The summed E-state index contributed by atoms with van der Waals surface area (Å²) in [6.07, 6.45) is 2.97. The molecule has 1 aromatic rings. The minimum atomic E-state index is -3.59. The highest BCUT2D eigenvalue weighted by Gasteiger charge is 2.43. The molecule has 21 heavy (non-hydrogen) atoms. The molecule has 0 aromatic carbocycles. The fraction of sp³-hybridized carbons (Fsp3) is 0.714. The number of hydrogen-bond donors (Lipinski definition) is 2. The van der Waals surface area contributed by atoms with E-state index in [1.807, 2.05) is 0 Å². The SMILES string of the molecule is CNCc1c(C)oc(C)c1S(=O)(=O)NC1CC2CCC1O2. The number of sulfonamides is 1. The van der Waals surface area contributed by atoms with E-state index in [0.29, 0.717) is 23.6 Å². The highest BCUT2D eigenvalue weighted by atomic mass is 32.2. The molecule has 2 bridgehead atoms. The van der Waals surface area contributed by atoms with Gasteiger partial charge in [0.25, 0.3) is 0 Å². The lowest BCUT2D eigenvalue weighted by Gasteiger charge is -2.20. The van der Waals surface area contributed by atoms with Crippen molar-refractivity contribution in [2.45, 2.75) is 62.8 Å². The zero-order chi connectivity index (χ0) is 15.2. The maximum Gasteiger partial charge on any atom is 0.244 e. The first-order valence-corrected chi connectivity index (χ1v) is 8.82. The summed E-state index contributed by atoms with van der Waals surface area (Å²) >= 11 is 0. The van der Waals surface area contributed by atoms with Crippen LogP contribution in [0.15, 0.2) is 9.31 Å². The Balaban J connectivity index is 1.88. The molecular formula is C14H22N2O4S. The van der Waals surface area contributed by atoms with Crippen LogP contribution in [0.25, 0.3) is 0 Å². The molecule has 3 unspecified atom stereocenters. The van der Waals surface area contributed by atoms with Gasteiger partial charge in [0.15, 0.2) is 0 Å². The zero-order valence-electron chi connectivity index (χ0n) is 12.6. The molecular weight excluding hydrogens is 292 g/mol. The van der Waals surface area contributed by atoms with Crippen LogP contribution in [0.2, 0.25) is 0 Å². The van der Waals surface area contributed by atoms with Gasteiger partial charge in [0, 0.05) is 12.1 Å². The predicted molar refractivity (Wildman–Crippen MR) is 77.6 cm³/mol. The van der Waals surface area contributed by atoms with E-state index < -0.39 is 10.0 Å². The smallest absolute Gasteiger partial charge is 0.244 e. The Labute approximate surface area is 125 Å². The Morgan fingerprint density at radius 1 is 1.24 bits per heavy atom. The minimum absolute atomic E-state index is 0.0193. The predicted octanol–water partition coefficient (Wildman–Crippen LogP) is 1.21. The van der Waals surface area contributed by atoms with Crippen LogP contribution < -0.4 is 10.0 Å². The van der Waals surface area contributed by atoms with Crippen molar-refractivity contribution < 1.29 is 17.6 Å². The highest BCUT2D eigenvalue weighted by molar-refractivity contribution is 7.89. The molecule has 0 saturated carbocycles. The van der Waals surface area contributed by atoms with Crippen LogP contribution in [-0.4, -0.2) is 33.7 Å². The third-order valence-corrected chi connectivity index (χ3v) is 6.04. The molecule has 1 aromatic heterocycles. The fourth-order valence-corrected chi connectivity index (χ4v) is 5.19. The van der Waals surface area contributed by atoms with E-state index >= 15 is 0 Å². The van der Waals surface area contributed by atoms with Crippen LogP contribution >= 0.6 is 0 Å². The van der Waals surface area contributed by atoms with E-state index in [-0.39, 0.29) is 23.1 Å². The fourth-order valence-electron chi connectivity index (χ4n) is 3.46. The third kappa shape index (κ3) is 2.63. The van der Waals surface area contributed by atoms with Crippen molar-refractivity contribution in [2.75, 3.05) is 7.05 Å². The van der Waals surface area contributed by atoms with Gasteiger partial charge >= 0.3 is 0 Å². The topological polar surface area (TPSA) is 80.6 Å². The molecule has 3 rings (SSSR count). The van der Waals surface area contributed by atoms with E-state index in [4.69, 9.17) is 9.15 Å². The van der Waals surface area contributed by atoms with Gasteiger partial charge in [-0.15, -0.1) is 0 Å². The van der Waals surface area contributed by atoms with Crippen molar-refractivity contribution >= 4 is 10.0 Å². The Morgan fingerprint density at radius 3 is 2.57 bits per heavy atom. The number of rotatable bonds is 5. The van der Waals surface area contributed by atoms with Gasteiger partial charge in [-0.25, -0.2) is 13.1 Å². The lowest BCUT2D eigenvalue weighted by molar-refractivity contribution is 0.0996. The number of aryl methyl sites for hydroxylation is 2. The molecule has 7 heteroatoms. The number of hydrogen-bond acceptors (Lipinski definition) is 5. The van der Waals surface area contributed by atoms with Gasteiger partial charge in [-0.2, -0.15) is 0 Å². The van der Waals surface area contributed by atoms with Gasteiger partial charge in [0.05, 0.1) is 18.2 Å². The van der Waals surface area contributed by atoms with Gasteiger partial charge in [0.2, 0.25) is 10.0 Å². The van der Waals surface area contributed by atoms with Crippen molar-refractivity contribution in [2.24, 2.45) is 0 Å². The number of ether oxygens (including phenoxy) is 1. The molecule has 2 aliphatic rings. The monoisotopic (exact) mass is 314 g/mol. The second-order valence-electron chi connectivity index (χ2n) is 5.89. The average molecular weight is 314 g/mol. The molecule has 118 valence electrons. The Bertz CT molecular complexity index is 638. The standard InChI is InChI=1S/C14H22N2O4S/c1-8-11(7-15-3)14(9(2)19-8)21(17,18)16-12-6-10-4-5-13(12)20-10/h10,12-13,15-16H,4-7H2,1-3H3. The van der Waals surface area contributed by atoms with Crippen molar-refractivity contribution in [3.05, 3.63) is 17.1 Å². The van der Waals surface area contributed by atoms with E-state index in [1.54, 1.807) is 20.9 Å². The third-order valence-electron chi connectivity index (χ3n) is 4.36. The summed E-state index contributed by atoms with van der Waals surface area (Å²) in [5.74, 6) is 1.08. The van der Waals surface area contributed by atoms with Crippen molar-refractivity contribution in [1.29, 1.82) is 0 Å². The zero-order valence-corrected chi connectivity index (χ0v) is 13.4. The Kier molecular flexibility index (Phi) is 3.85. The van der Waals surface area contributed by atoms with Gasteiger partial charge < -0.3 is 14.5 Å². The van der Waals surface area contributed by atoms with Gasteiger partial charge in [-0.05, 0) is 40.2 Å². The molecule has 0 spiro atoms. The maximum atomic E-state index is 12.7. The number of nitrogens with one attached hydrogen (secondary N) is 2. The summed E-state index contributed by atoms with van der Waals surface area (Å²) in [5, 5.41) is 2.99. The van der Waals surface area contributed by atoms with E-state index in [1.165, 1.54) is 0 Å². The van der Waals surface area contributed by atoms with Crippen LogP contribution in [0.5, 0.6) is 0 Å². The minimum Gasteiger partial charge on any atom is -0.465 e. The first kappa shape index (κ1) is 15.0. The normalized spacial score (nSPS) is 28.4. The maximum absolute atomic E-state index is 12.7. The molecule has 2 saturated heterocycles. The van der Waals surface area contributed by atoms with E-state index in [2.05, 4.69) is 10.0 Å². The van der Waals surface area contributed by atoms with E-state index in [9.17, 15) is 8.42 Å². The quantitative estimate of drug-likeness (QED) is 0.854. The Morgan fingerprint density at radius 2 is 2.00 bits per heavy atom. The lowest BCUT2D eigenvalue weighted by Crippen LogP contribution is -2.41. The highest BCUT2D eigenvalue weighted by Crippen LogP contribution is 2.36. The molecule has 2 aliphatic heterocycles. The Hall–Kier alpha value is -0.890. The summed E-state index contributed by atoms with van der Waals surface area (Å²) in [6.45, 7) is 3.95. The molecule has 2 N–H and O–H groups in total. The molecule has 0 radical (unpaired) electrons. The lowest BCUT2D eigenvalue weighted by atomic mass is 9.96. The van der Waals surface area contributed by atoms with Crippen LogP contribution in [0.3, 0.4) is 0 Å². The summed E-state index contributed by atoms with van der Waals surface area (Å²) in [6, 6.07) is -0.120. The molecule has 2 fully saturated rings. The van der Waals surface area contributed by atoms with Crippen LogP contribution in [0.1, 0.15) is 36.3 Å². The molecule has 0 amide bonds. The van der Waals surface area contributed by atoms with Crippen LogP contribution in [0.4, 0.5) is 0 Å². The van der Waals surface area contributed by atoms with E-state index in [0.717, 1.165) is 19.3 Å². The van der Waals surface area contributed by atoms with Crippen LogP contribution in [0, 0.1) is 13.8 Å². The van der Waals surface area contributed by atoms with Gasteiger partial charge in [0.1, 0.15) is 16.4 Å². The number of furan rings is 1. The van der Waals surface area contributed by atoms with Gasteiger partial charge in [-0.1, -0.05) is 0 Å². The first-order valence-electron chi connectivity index (χ1n) is 7.33. The summed E-state index contributed by atoms with van der Waals surface area (Å²) in [4.78, 5) is 0.275. The van der Waals surface area contributed by atoms with Gasteiger partial charge in [-0.3, -0.25) is 0 Å². The average Bonchev–Trinajstić information content (AvgIpc) is 3.05. The largest absolute Gasteiger partial charge is 0.465 e. The first-order chi connectivity index (χ1) is 9.92. The molecule has 3 atom stereocenters. The summed E-state index contributed by atoms with van der Waals surface area (Å²) in [5.41, 5.74) is 0.701. The molecule has 0 aliphatic carbocycles. The molecule has 6 nitrogen and oxygen atoms in total. The molecule has 3 heterocycles. The second-order valence-corrected chi connectivity index (χ2v) is 7.54. The number of fused-ring (bicyclic) bond motifs is 2.